The van der Waals surface area contributed by atoms with E-state index in [1.807, 2.05) is 12.1 Å². The minimum Gasteiger partial charge on any atom is -0.337 e. The number of nitrogens with one attached hydrogen (secondary N) is 4. The van der Waals surface area contributed by atoms with Gasteiger partial charge in [-0.1, -0.05) is 59.6 Å². The normalized spacial score (nSPS) is 13.0. The van der Waals surface area contributed by atoms with Crippen LogP contribution in [0, 0.1) is 0 Å². The standard InChI is InChI=1S/C28H19Cl3N6O2/c1-2-25(38)34-23-5-3-4-6-24(23)35-26-21(31)14-32-28(37-26)33-17-9-10-22-18(13-17)19(27(39)36-22)11-15-7-8-16(29)12-20(15)30/h2-14H,1H2,(H,34,38)(H,36,39)(H2,32,33,35,37). The van der Waals surface area contributed by atoms with Crippen LogP contribution in [0.25, 0.3) is 11.6 Å². The Balaban J connectivity index is 1.41. The van der Waals surface area contributed by atoms with Crippen LogP contribution in [0.15, 0.2) is 79.5 Å². The maximum Gasteiger partial charge on any atom is 0.256 e. The molecule has 0 aliphatic carbocycles. The highest BCUT2D eigenvalue weighted by Gasteiger charge is 2.25. The first-order valence-electron chi connectivity index (χ1n) is 11.5. The van der Waals surface area contributed by atoms with Crippen molar-refractivity contribution >= 4 is 92.8 Å². The fourth-order valence-electron chi connectivity index (χ4n) is 3.84. The number of benzene rings is 3. The number of carbonyl (C=O) groups is 2. The predicted molar refractivity (Wildman–Crippen MR) is 158 cm³/mol. The van der Waals surface area contributed by atoms with Crippen molar-refractivity contribution in [2.45, 2.75) is 0 Å². The Kier molecular flexibility index (Phi) is 7.51. The number of amides is 2. The quantitative estimate of drug-likeness (QED) is 0.169. The molecule has 194 valence electrons. The molecule has 0 radical (unpaired) electrons. The maximum atomic E-state index is 12.7. The first-order valence-corrected chi connectivity index (χ1v) is 12.7. The number of hydrogen-bond donors (Lipinski definition) is 4. The summed E-state index contributed by atoms with van der Waals surface area (Å²) in [4.78, 5) is 33.3. The number of rotatable bonds is 7. The van der Waals surface area contributed by atoms with E-state index in [9.17, 15) is 9.59 Å². The molecular weight excluding hydrogens is 559 g/mol. The van der Waals surface area contributed by atoms with Gasteiger partial charge in [0.05, 0.1) is 17.6 Å². The molecule has 2 amide bonds. The van der Waals surface area contributed by atoms with Crippen LogP contribution in [-0.2, 0) is 9.59 Å². The zero-order chi connectivity index (χ0) is 27.5. The van der Waals surface area contributed by atoms with Crippen molar-refractivity contribution < 1.29 is 9.59 Å². The van der Waals surface area contributed by atoms with Gasteiger partial charge in [-0.3, -0.25) is 9.59 Å². The number of aromatic nitrogens is 2. The Morgan fingerprint density at radius 1 is 0.949 bits per heavy atom. The Morgan fingerprint density at radius 2 is 1.74 bits per heavy atom. The average molecular weight is 578 g/mol. The summed E-state index contributed by atoms with van der Waals surface area (Å²) in [7, 11) is 0. The number of fused-ring (bicyclic) bond motifs is 1. The highest BCUT2D eigenvalue weighted by Crippen LogP contribution is 2.37. The number of nitrogens with zero attached hydrogens (tertiary/aromatic N) is 2. The van der Waals surface area contributed by atoms with Crippen LogP contribution in [0.2, 0.25) is 15.1 Å². The summed E-state index contributed by atoms with van der Waals surface area (Å²) in [6.07, 6.45) is 4.35. The largest absolute Gasteiger partial charge is 0.337 e. The van der Waals surface area contributed by atoms with Gasteiger partial charge in [0.2, 0.25) is 11.9 Å². The van der Waals surface area contributed by atoms with Gasteiger partial charge >= 0.3 is 0 Å². The van der Waals surface area contributed by atoms with Gasteiger partial charge in [0.25, 0.3) is 5.91 Å². The lowest BCUT2D eigenvalue weighted by Crippen LogP contribution is -2.09. The molecule has 1 aliphatic heterocycles. The molecule has 1 aromatic heterocycles. The molecule has 2 heterocycles. The molecule has 4 N–H and O–H groups in total. The Labute approximate surface area is 238 Å². The van der Waals surface area contributed by atoms with Crippen molar-refractivity contribution in [2.75, 3.05) is 21.3 Å². The van der Waals surface area contributed by atoms with Gasteiger partial charge in [-0.2, -0.15) is 4.98 Å². The van der Waals surface area contributed by atoms with Gasteiger partial charge in [-0.15, -0.1) is 0 Å². The molecule has 4 aromatic rings. The van der Waals surface area contributed by atoms with E-state index in [1.165, 1.54) is 12.3 Å². The lowest BCUT2D eigenvalue weighted by Gasteiger charge is -2.14. The summed E-state index contributed by atoms with van der Waals surface area (Å²) in [6, 6.07) is 17.6. The molecule has 0 saturated carbocycles. The van der Waals surface area contributed by atoms with Crippen LogP contribution < -0.4 is 21.3 Å². The zero-order valence-electron chi connectivity index (χ0n) is 20.1. The third kappa shape index (κ3) is 5.88. The van der Waals surface area contributed by atoms with Crippen LogP contribution in [0.1, 0.15) is 11.1 Å². The van der Waals surface area contributed by atoms with E-state index in [2.05, 4.69) is 37.8 Å². The first kappa shape index (κ1) is 26.2. The third-order valence-electron chi connectivity index (χ3n) is 5.69. The summed E-state index contributed by atoms with van der Waals surface area (Å²) in [5, 5.41) is 13.1. The van der Waals surface area contributed by atoms with Crippen molar-refractivity contribution in [1.82, 2.24) is 9.97 Å². The SMILES string of the molecule is C=CC(=O)Nc1ccccc1Nc1nc(Nc2ccc3c(c2)C(=Cc2ccc(Cl)cc2Cl)C(=O)N3)ncc1Cl. The van der Waals surface area contributed by atoms with Crippen molar-refractivity contribution in [3.63, 3.8) is 0 Å². The maximum absolute atomic E-state index is 12.7. The molecule has 11 heteroatoms. The van der Waals surface area contributed by atoms with Crippen molar-refractivity contribution in [1.29, 1.82) is 0 Å². The minimum absolute atomic E-state index is 0.246. The summed E-state index contributed by atoms with van der Waals surface area (Å²) >= 11 is 18.7. The summed E-state index contributed by atoms with van der Waals surface area (Å²) in [6.45, 7) is 3.48. The molecule has 1 aliphatic rings. The third-order valence-corrected chi connectivity index (χ3v) is 6.53. The van der Waals surface area contributed by atoms with Crippen LogP contribution >= 0.6 is 34.8 Å². The number of carbonyl (C=O) groups excluding carboxylic acids is 2. The number of halogens is 3. The summed E-state index contributed by atoms with van der Waals surface area (Å²) in [5.74, 6) is -0.00946. The van der Waals surface area contributed by atoms with Crippen LogP contribution in [0.3, 0.4) is 0 Å². The molecular formula is C28H19Cl3N6O2. The van der Waals surface area contributed by atoms with Crippen LogP contribution in [0.5, 0.6) is 0 Å². The minimum atomic E-state index is -0.350. The fraction of sp³-hybridized carbons (Fsp3) is 0. The van der Waals surface area contributed by atoms with Crippen LogP contribution in [-0.4, -0.2) is 21.8 Å². The highest BCUT2D eigenvalue weighted by molar-refractivity contribution is 6.38. The Bertz CT molecular complexity index is 1670. The number of anilines is 6. The molecule has 39 heavy (non-hydrogen) atoms. The van der Waals surface area contributed by atoms with E-state index < -0.39 is 0 Å². The average Bonchev–Trinajstić information content (AvgIpc) is 3.22. The molecule has 5 rings (SSSR count). The van der Waals surface area contributed by atoms with E-state index in [1.54, 1.807) is 54.6 Å². The second-order valence-corrected chi connectivity index (χ2v) is 9.57. The highest BCUT2D eigenvalue weighted by atomic mass is 35.5. The fourth-order valence-corrected chi connectivity index (χ4v) is 4.44. The first-order chi connectivity index (χ1) is 18.8. The topological polar surface area (TPSA) is 108 Å². The second-order valence-electron chi connectivity index (χ2n) is 8.32. The Hall–Kier alpha value is -4.37. The molecule has 0 bridgehead atoms. The van der Waals surface area contributed by atoms with E-state index in [-0.39, 0.29) is 22.8 Å². The van der Waals surface area contributed by atoms with Crippen LogP contribution in [0.4, 0.5) is 34.5 Å². The van der Waals surface area contributed by atoms with Gasteiger partial charge < -0.3 is 21.3 Å². The van der Waals surface area contributed by atoms with Crippen molar-refractivity contribution in [3.8, 4) is 0 Å². The monoisotopic (exact) mass is 576 g/mol. The molecule has 0 spiro atoms. The number of para-hydroxylation sites is 2. The smallest absolute Gasteiger partial charge is 0.256 e. The molecule has 8 nitrogen and oxygen atoms in total. The molecule has 3 aromatic carbocycles. The van der Waals surface area contributed by atoms with E-state index >= 15 is 0 Å². The lowest BCUT2D eigenvalue weighted by molar-refractivity contribution is -0.112. The van der Waals surface area contributed by atoms with Crippen molar-refractivity contribution in [2.24, 2.45) is 0 Å². The van der Waals surface area contributed by atoms with Gasteiger partial charge in [-0.25, -0.2) is 4.98 Å². The summed E-state index contributed by atoms with van der Waals surface area (Å²) in [5.41, 5.74) is 4.23. The van der Waals surface area contributed by atoms with E-state index in [0.717, 1.165) is 0 Å². The summed E-state index contributed by atoms with van der Waals surface area (Å²) < 4.78 is 0. The molecule has 0 unspecified atom stereocenters. The van der Waals surface area contributed by atoms with E-state index in [4.69, 9.17) is 34.8 Å². The second kappa shape index (κ2) is 11.2. The Morgan fingerprint density at radius 3 is 2.51 bits per heavy atom. The van der Waals surface area contributed by atoms with Gasteiger partial charge in [0, 0.05) is 32.6 Å². The molecule has 0 saturated heterocycles. The predicted octanol–water partition coefficient (Wildman–Crippen LogP) is 7.54. The zero-order valence-corrected chi connectivity index (χ0v) is 22.3. The number of hydrogen-bond acceptors (Lipinski definition) is 6. The molecule has 0 atom stereocenters. The van der Waals surface area contributed by atoms with Crippen molar-refractivity contribution in [3.05, 3.63) is 106 Å². The van der Waals surface area contributed by atoms with Gasteiger partial charge in [0.1, 0.15) is 5.02 Å². The van der Waals surface area contributed by atoms with E-state index in [0.29, 0.717) is 55.3 Å². The lowest BCUT2D eigenvalue weighted by atomic mass is 10.0. The molecule has 0 fully saturated rings. The van der Waals surface area contributed by atoms with Gasteiger partial charge in [-0.05, 0) is 60.2 Å². The van der Waals surface area contributed by atoms with Gasteiger partial charge in [0.15, 0.2) is 5.82 Å².